The van der Waals surface area contributed by atoms with Crippen LogP contribution in [-0.4, -0.2) is 27.6 Å². The van der Waals surface area contributed by atoms with E-state index in [1.165, 1.54) is 23.1 Å². The zero-order valence-electron chi connectivity index (χ0n) is 12.2. The summed E-state index contributed by atoms with van der Waals surface area (Å²) < 4.78 is 1.61. The second-order valence-electron chi connectivity index (χ2n) is 4.78. The average Bonchev–Trinajstić information content (AvgIpc) is 2.81. The van der Waals surface area contributed by atoms with Gasteiger partial charge in [0, 0.05) is 29.4 Å². The van der Waals surface area contributed by atoms with E-state index in [4.69, 9.17) is 0 Å². The highest BCUT2D eigenvalue weighted by atomic mass is 32.2. The first-order chi connectivity index (χ1) is 10.1. The van der Waals surface area contributed by atoms with Gasteiger partial charge in [-0.25, -0.2) is 4.98 Å². The molecule has 7 heteroatoms. The molecular formula is C14H19N3O2S2. The first-order valence-corrected chi connectivity index (χ1v) is 8.96. The maximum Gasteiger partial charge on any atom is 0.258 e. The van der Waals surface area contributed by atoms with Crippen LogP contribution in [0.25, 0.3) is 4.96 Å². The molecule has 0 saturated carbocycles. The van der Waals surface area contributed by atoms with Gasteiger partial charge in [0.1, 0.15) is 0 Å². The third-order valence-corrected chi connectivity index (χ3v) is 4.87. The van der Waals surface area contributed by atoms with Crippen molar-refractivity contribution in [2.24, 2.45) is 0 Å². The molecule has 0 aromatic carbocycles. The quantitative estimate of drug-likeness (QED) is 0.793. The predicted octanol–water partition coefficient (Wildman–Crippen LogP) is 2.21. The lowest BCUT2D eigenvalue weighted by molar-refractivity contribution is -0.118. The second-order valence-corrected chi connectivity index (χ2v) is 6.60. The zero-order valence-corrected chi connectivity index (χ0v) is 13.9. The summed E-state index contributed by atoms with van der Waals surface area (Å²) in [5.41, 5.74) is 1.58. The molecule has 114 valence electrons. The summed E-state index contributed by atoms with van der Waals surface area (Å²) in [4.78, 5) is 28.7. The van der Waals surface area contributed by atoms with Gasteiger partial charge in [0.25, 0.3) is 5.56 Å². The van der Waals surface area contributed by atoms with E-state index in [1.807, 2.05) is 12.3 Å². The Hall–Kier alpha value is -1.34. The van der Waals surface area contributed by atoms with E-state index in [9.17, 15) is 9.59 Å². The Morgan fingerprint density at radius 1 is 1.52 bits per heavy atom. The van der Waals surface area contributed by atoms with Crippen molar-refractivity contribution in [1.82, 2.24) is 14.7 Å². The zero-order chi connectivity index (χ0) is 15.2. The second kappa shape index (κ2) is 7.61. The van der Waals surface area contributed by atoms with E-state index >= 15 is 0 Å². The van der Waals surface area contributed by atoms with Crippen LogP contribution in [0, 0.1) is 6.92 Å². The van der Waals surface area contributed by atoms with Crippen molar-refractivity contribution in [2.45, 2.75) is 32.4 Å². The number of fused-ring (bicyclic) bond motifs is 1. The van der Waals surface area contributed by atoms with Gasteiger partial charge in [-0.3, -0.25) is 14.0 Å². The summed E-state index contributed by atoms with van der Waals surface area (Å²) >= 11 is 2.94. The largest absolute Gasteiger partial charge is 0.355 e. The molecule has 0 aliphatic carbocycles. The maximum atomic E-state index is 12.0. The van der Waals surface area contributed by atoms with Crippen molar-refractivity contribution >= 4 is 34.0 Å². The first kappa shape index (κ1) is 16.0. The van der Waals surface area contributed by atoms with Gasteiger partial charge < -0.3 is 5.32 Å². The van der Waals surface area contributed by atoms with Gasteiger partial charge in [0.2, 0.25) is 5.91 Å². The Labute approximate surface area is 131 Å². The number of aryl methyl sites for hydroxylation is 1. The van der Waals surface area contributed by atoms with Gasteiger partial charge in [0.15, 0.2) is 4.96 Å². The van der Waals surface area contributed by atoms with E-state index in [1.54, 1.807) is 10.5 Å². The molecule has 5 nitrogen and oxygen atoms in total. The number of nitrogens with one attached hydrogen (secondary N) is 1. The molecule has 2 rings (SSSR count). The summed E-state index contributed by atoms with van der Waals surface area (Å²) in [7, 11) is 0. The fourth-order valence-corrected chi connectivity index (χ4v) is 3.52. The van der Waals surface area contributed by atoms with E-state index in [2.05, 4.69) is 17.2 Å². The molecule has 0 spiro atoms. The number of amides is 1. The van der Waals surface area contributed by atoms with Gasteiger partial charge in [-0.15, -0.1) is 23.1 Å². The number of hydrogen-bond donors (Lipinski definition) is 1. The van der Waals surface area contributed by atoms with Crippen LogP contribution < -0.4 is 10.9 Å². The van der Waals surface area contributed by atoms with Crippen molar-refractivity contribution in [3.8, 4) is 0 Å². The number of carbonyl (C=O) groups is 1. The molecule has 0 saturated heterocycles. The predicted molar refractivity (Wildman–Crippen MR) is 88.2 cm³/mol. The Bertz CT molecular complexity index is 678. The lowest BCUT2D eigenvalue weighted by atomic mass is 10.3. The number of thioether (sulfide) groups is 1. The van der Waals surface area contributed by atoms with Crippen molar-refractivity contribution in [2.75, 3.05) is 12.3 Å². The van der Waals surface area contributed by atoms with Crippen LogP contribution in [0.1, 0.15) is 31.2 Å². The minimum atomic E-state index is -0.0539. The molecule has 0 radical (unpaired) electrons. The molecule has 0 atom stereocenters. The Kier molecular flexibility index (Phi) is 5.81. The highest BCUT2D eigenvalue weighted by molar-refractivity contribution is 7.99. The monoisotopic (exact) mass is 325 g/mol. The van der Waals surface area contributed by atoms with Crippen molar-refractivity contribution in [1.29, 1.82) is 0 Å². The molecule has 1 amide bonds. The maximum absolute atomic E-state index is 12.0. The average molecular weight is 325 g/mol. The minimum absolute atomic E-state index is 0.0400. The molecule has 0 aliphatic rings. The van der Waals surface area contributed by atoms with E-state index < -0.39 is 0 Å². The number of unbranched alkanes of at least 4 members (excludes halogenated alkanes) is 1. The molecule has 0 bridgehead atoms. The van der Waals surface area contributed by atoms with Crippen LogP contribution in [0.4, 0.5) is 0 Å². The van der Waals surface area contributed by atoms with Gasteiger partial charge in [-0.05, 0) is 13.3 Å². The highest BCUT2D eigenvalue weighted by Gasteiger charge is 2.07. The van der Waals surface area contributed by atoms with Crippen LogP contribution in [0.5, 0.6) is 0 Å². The van der Waals surface area contributed by atoms with Gasteiger partial charge in [-0.2, -0.15) is 0 Å². The van der Waals surface area contributed by atoms with Crippen LogP contribution in [-0.2, 0) is 10.5 Å². The summed E-state index contributed by atoms with van der Waals surface area (Å²) in [5, 5.41) is 4.79. The third-order valence-electron chi connectivity index (χ3n) is 2.96. The van der Waals surface area contributed by atoms with Gasteiger partial charge in [0.05, 0.1) is 11.4 Å². The van der Waals surface area contributed by atoms with Crippen LogP contribution in [0.2, 0.25) is 0 Å². The van der Waals surface area contributed by atoms with Gasteiger partial charge in [-0.1, -0.05) is 13.3 Å². The highest BCUT2D eigenvalue weighted by Crippen LogP contribution is 2.14. The molecule has 0 unspecified atom stereocenters. The van der Waals surface area contributed by atoms with E-state index in [0.717, 1.165) is 30.8 Å². The molecule has 2 heterocycles. The fourth-order valence-electron chi connectivity index (χ4n) is 1.88. The van der Waals surface area contributed by atoms with E-state index in [0.29, 0.717) is 16.5 Å². The molecule has 2 aromatic heterocycles. The number of thiazole rings is 1. The topological polar surface area (TPSA) is 63.5 Å². The van der Waals surface area contributed by atoms with Crippen molar-refractivity contribution in [3.63, 3.8) is 0 Å². The number of nitrogens with zero attached hydrogens (tertiary/aromatic N) is 2. The SMILES string of the molecule is CCCCNC(=O)CSCc1cc(=O)n2c(C)csc2n1. The van der Waals surface area contributed by atoms with Crippen LogP contribution >= 0.6 is 23.1 Å². The standard InChI is InChI=1S/C14H19N3O2S2/c1-3-4-5-15-12(18)9-20-8-11-6-13(19)17-10(2)7-21-14(17)16-11/h6-7H,3-5,8-9H2,1-2H3,(H,15,18). The third kappa shape index (κ3) is 4.31. The summed E-state index contributed by atoms with van der Waals surface area (Å²) in [6.45, 7) is 4.71. The lowest BCUT2D eigenvalue weighted by Crippen LogP contribution is -2.26. The molecule has 21 heavy (non-hydrogen) atoms. The normalized spacial score (nSPS) is 11.0. The minimum Gasteiger partial charge on any atom is -0.355 e. The van der Waals surface area contributed by atoms with Gasteiger partial charge >= 0.3 is 0 Å². The summed E-state index contributed by atoms with van der Waals surface area (Å²) in [6.07, 6.45) is 2.07. The van der Waals surface area contributed by atoms with Crippen LogP contribution in [0.3, 0.4) is 0 Å². The lowest BCUT2D eigenvalue weighted by Gasteiger charge is -2.04. The van der Waals surface area contributed by atoms with Crippen molar-refractivity contribution < 1.29 is 4.79 Å². The molecule has 2 aromatic rings. The first-order valence-electron chi connectivity index (χ1n) is 6.93. The number of hydrogen-bond acceptors (Lipinski definition) is 5. The number of aromatic nitrogens is 2. The summed E-state index contributed by atoms with van der Waals surface area (Å²) in [5.74, 6) is 1.01. The smallest absolute Gasteiger partial charge is 0.258 e. The number of rotatable bonds is 7. The summed E-state index contributed by atoms with van der Waals surface area (Å²) in [6, 6.07) is 1.55. The Morgan fingerprint density at radius 2 is 2.33 bits per heavy atom. The van der Waals surface area contributed by atoms with E-state index in [-0.39, 0.29) is 11.5 Å². The van der Waals surface area contributed by atoms with Crippen LogP contribution in [0.15, 0.2) is 16.2 Å². The Balaban J connectivity index is 1.89. The molecule has 0 aliphatic heterocycles. The molecular weight excluding hydrogens is 306 g/mol. The number of carbonyl (C=O) groups excluding carboxylic acids is 1. The molecule has 1 N–H and O–H groups in total. The fraction of sp³-hybridized carbons (Fsp3) is 0.500. The Morgan fingerprint density at radius 3 is 3.10 bits per heavy atom. The molecule has 0 fully saturated rings. The van der Waals surface area contributed by atoms with Crippen molar-refractivity contribution in [3.05, 3.63) is 33.2 Å².